The standard InChI is InChI=1S/C25H41N3O4/c1-10-11-14-26-22(29)21(20-13-12-17(4)15-18(20)5)28(16(2)3)23(30)19(6)27-24(31)32-25(7,8)9/h12-13,15-16,19,21H,10-11,14H2,1-9H3,(H,26,29)(H,27,31). The van der Waals surface area contributed by atoms with Gasteiger partial charge in [-0.3, -0.25) is 9.59 Å². The fourth-order valence-electron chi connectivity index (χ4n) is 3.48. The number of amides is 3. The lowest BCUT2D eigenvalue weighted by Gasteiger charge is -2.37. The first-order valence-electron chi connectivity index (χ1n) is 11.4. The number of nitrogens with one attached hydrogen (secondary N) is 2. The van der Waals surface area contributed by atoms with Crippen LogP contribution < -0.4 is 10.6 Å². The Kier molecular flexibility index (Phi) is 10.2. The average Bonchev–Trinajstić information content (AvgIpc) is 2.64. The van der Waals surface area contributed by atoms with E-state index in [9.17, 15) is 14.4 Å². The average molecular weight is 448 g/mol. The molecule has 0 fully saturated rings. The Morgan fingerprint density at radius 2 is 1.72 bits per heavy atom. The van der Waals surface area contributed by atoms with Gasteiger partial charge in [0.05, 0.1) is 0 Å². The largest absolute Gasteiger partial charge is 0.444 e. The molecule has 1 aromatic carbocycles. The molecule has 180 valence electrons. The van der Waals surface area contributed by atoms with Crippen molar-refractivity contribution < 1.29 is 19.1 Å². The molecule has 0 spiro atoms. The first-order chi connectivity index (χ1) is 14.8. The van der Waals surface area contributed by atoms with Gasteiger partial charge in [0.1, 0.15) is 17.7 Å². The van der Waals surface area contributed by atoms with Crippen molar-refractivity contribution >= 4 is 17.9 Å². The van der Waals surface area contributed by atoms with Crippen LogP contribution in [0.2, 0.25) is 0 Å². The van der Waals surface area contributed by atoms with Crippen molar-refractivity contribution in [3.05, 3.63) is 34.9 Å². The topological polar surface area (TPSA) is 87.7 Å². The minimum absolute atomic E-state index is 0.225. The van der Waals surface area contributed by atoms with E-state index in [0.29, 0.717) is 6.54 Å². The van der Waals surface area contributed by atoms with Gasteiger partial charge in [0.25, 0.3) is 0 Å². The number of rotatable bonds is 9. The van der Waals surface area contributed by atoms with Gasteiger partial charge in [-0.25, -0.2) is 4.79 Å². The summed E-state index contributed by atoms with van der Waals surface area (Å²) >= 11 is 0. The Balaban J connectivity index is 3.29. The minimum atomic E-state index is -0.857. The van der Waals surface area contributed by atoms with E-state index in [1.54, 1.807) is 32.6 Å². The van der Waals surface area contributed by atoms with Crippen molar-refractivity contribution in [3.63, 3.8) is 0 Å². The summed E-state index contributed by atoms with van der Waals surface area (Å²) in [6.45, 7) is 17.2. The Morgan fingerprint density at radius 3 is 2.22 bits per heavy atom. The SMILES string of the molecule is CCCCNC(=O)C(c1ccc(C)cc1C)N(C(=O)C(C)NC(=O)OC(C)(C)C)C(C)C. The quantitative estimate of drug-likeness (QED) is 0.549. The lowest BCUT2D eigenvalue weighted by atomic mass is 9.95. The van der Waals surface area contributed by atoms with Crippen LogP contribution in [-0.2, 0) is 14.3 Å². The third kappa shape index (κ3) is 8.17. The maximum atomic E-state index is 13.5. The third-order valence-electron chi connectivity index (χ3n) is 4.99. The Morgan fingerprint density at radius 1 is 1.09 bits per heavy atom. The molecule has 0 aliphatic rings. The molecule has 0 aliphatic carbocycles. The number of nitrogens with zero attached hydrogens (tertiary/aromatic N) is 1. The molecular weight excluding hydrogens is 406 g/mol. The van der Waals surface area contributed by atoms with Gasteiger partial charge < -0.3 is 20.3 Å². The third-order valence-corrected chi connectivity index (χ3v) is 4.99. The molecule has 7 nitrogen and oxygen atoms in total. The summed E-state index contributed by atoms with van der Waals surface area (Å²) < 4.78 is 5.29. The number of ether oxygens (including phenoxy) is 1. The smallest absolute Gasteiger partial charge is 0.408 e. The predicted molar refractivity (Wildman–Crippen MR) is 127 cm³/mol. The van der Waals surface area contributed by atoms with E-state index >= 15 is 0 Å². The predicted octanol–water partition coefficient (Wildman–Crippen LogP) is 4.41. The Hall–Kier alpha value is -2.57. The molecule has 2 atom stereocenters. The minimum Gasteiger partial charge on any atom is -0.444 e. The number of carbonyl (C=O) groups excluding carboxylic acids is 3. The van der Waals surface area contributed by atoms with E-state index in [4.69, 9.17) is 4.74 Å². The molecule has 0 saturated heterocycles. The lowest BCUT2D eigenvalue weighted by molar-refractivity contribution is -0.144. The highest BCUT2D eigenvalue weighted by Crippen LogP contribution is 2.28. The maximum Gasteiger partial charge on any atom is 0.408 e. The molecule has 0 saturated carbocycles. The van der Waals surface area contributed by atoms with E-state index in [1.165, 1.54) is 0 Å². The summed E-state index contributed by atoms with van der Waals surface area (Å²) in [7, 11) is 0. The van der Waals surface area contributed by atoms with Crippen molar-refractivity contribution in [1.29, 1.82) is 0 Å². The van der Waals surface area contributed by atoms with Crippen LogP contribution in [0.5, 0.6) is 0 Å². The van der Waals surface area contributed by atoms with Gasteiger partial charge in [-0.05, 0) is 72.9 Å². The summed E-state index contributed by atoms with van der Waals surface area (Å²) in [5.41, 5.74) is 2.12. The molecule has 7 heteroatoms. The van der Waals surface area contributed by atoms with Crippen LogP contribution in [0.3, 0.4) is 0 Å². The van der Waals surface area contributed by atoms with Gasteiger partial charge in [0.2, 0.25) is 11.8 Å². The summed E-state index contributed by atoms with van der Waals surface area (Å²) in [5, 5.41) is 5.59. The fourth-order valence-corrected chi connectivity index (χ4v) is 3.48. The molecule has 0 bridgehead atoms. The number of carbonyl (C=O) groups is 3. The van der Waals surface area contributed by atoms with Gasteiger partial charge in [-0.15, -0.1) is 0 Å². The highest BCUT2D eigenvalue weighted by atomic mass is 16.6. The summed E-state index contributed by atoms with van der Waals surface area (Å²) in [5.74, 6) is -0.571. The fraction of sp³-hybridized carbons (Fsp3) is 0.640. The highest BCUT2D eigenvalue weighted by Gasteiger charge is 2.36. The van der Waals surface area contributed by atoms with E-state index in [1.807, 2.05) is 45.9 Å². The van der Waals surface area contributed by atoms with Crippen LogP contribution in [0.25, 0.3) is 0 Å². The molecule has 32 heavy (non-hydrogen) atoms. The van der Waals surface area contributed by atoms with E-state index in [-0.39, 0.29) is 17.9 Å². The van der Waals surface area contributed by atoms with Crippen LogP contribution >= 0.6 is 0 Å². The van der Waals surface area contributed by atoms with Crippen LogP contribution in [-0.4, -0.2) is 47.0 Å². The zero-order chi connectivity index (χ0) is 24.6. The summed E-state index contributed by atoms with van der Waals surface area (Å²) in [6, 6.07) is 3.93. The molecule has 3 amide bonds. The zero-order valence-corrected chi connectivity index (χ0v) is 21.2. The first kappa shape index (κ1) is 27.5. The summed E-state index contributed by atoms with van der Waals surface area (Å²) in [6.07, 6.45) is 1.15. The molecular formula is C25H41N3O4. The second-order valence-electron chi connectivity index (χ2n) is 9.61. The molecule has 2 unspecified atom stereocenters. The van der Waals surface area contributed by atoms with Crippen LogP contribution in [0, 0.1) is 13.8 Å². The van der Waals surface area contributed by atoms with Crippen molar-refractivity contribution in [2.45, 2.75) is 98.9 Å². The summed E-state index contributed by atoms with van der Waals surface area (Å²) in [4.78, 5) is 40.6. The van der Waals surface area contributed by atoms with E-state index < -0.39 is 23.8 Å². The van der Waals surface area contributed by atoms with Crippen LogP contribution in [0.1, 0.15) is 84.0 Å². The molecule has 1 rings (SSSR count). The van der Waals surface area contributed by atoms with Gasteiger partial charge >= 0.3 is 6.09 Å². The van der Waals surface area contributed by atoms with Crippen LogP contribution in [0.4, 0.5) is 4.79 Å². The highest BCUT2D eigenvalue weighted by molar-refractivity contribution is 5.92. The second-order valence-corrected chi connectivity index (χ2v) is 9.61. The zero-order valence-electron chi connectivity index (χ0n) is 21.2. The number of alkyl carbamates (subject to hydrolysis) is 1. The molecule has 0 heterocycles. The normalized spacial score (nSPS) is 13.3. The van der Waals surface area contributed by atoms with Gasteiger partial charge in [-0.1, -0.05) is 37.1 Å². The van der Waals surface area contributed by atoms with Crippen molar-refractivity contribution in [1.82, 2.24) is 15.5 Å². The van der Waals surface area contributed by atoms with Crippen LogP contribution in [0.15, 0.2) is 18.2 Å². The molecule has 2 N–H and O–H groups in total. The van der Waals surface area contributed by atoms with Gasteiger partial charge in [-0.2, -0.15) is 0 Å². The van der Waals surface area contributed by atoms with Crippen molar-refractivity contribution in [3.8, 4) is 0 Å². The number of benzene rings is 1. The lowest BCUT2D eigenvalue weighted by Crippen LogP contribution is -2.54. The number of hydrogen-bond donors (Lipinski definition) is 2. The molecule has 0 radical (unpaired) electrons. The number of unbranched alkanes of at least 4 members (excludes halogenated alkanes) is 1. The molecule has 1 aromatic rings. The van der Waals surface area contributed by atoms with Gasteiger partial charge in [0.15, 0.2) is 0 Å². The number of aryl methyl sites for hydroxylation is 2. The maximum absolute atomic E-state index is 13.5. The van der Waals surface area contributed by atoms with E-state index in [2.05, 4.69) is 17.6 Å². The Labute approximate surface area is 193 Å². The van der Waals surface area contributed by atoms with Crippen molar-refractivity contribution in [2.75, 3.05) is 6.54 Å². The monoisotopic (exact) mass is 447 g/mol. The Bertz CT molecular complexity index is 799. The first-order valence-corrected chi connectivity index (χ1v) is 11.4. The van der Waals surface area contributed by atoms with Gasteiger partial charge in [0, 0.05) is 12.6 Å². The second kappa shape index (κ2) is 11.9. The van der Waals surface area contributed by atoms with Crippen molar-refractivity contribution in [2.24, 2.45) is 0 Å². The van der Waals surface area contributed by atoms with E-state index in [0.717, 1.165) is 29.5 Å². The number of hydrogen-bond acceptors (Lipinski definition) is 4. The molecule has 0 aromatic heterocycles. The molecule has 0 aliphatic heterocycles.